The Hall–Kier alpha value is -1.09. The van der Waals surface area contributed by atoms with Gasteiger partial charge in [0, 0.05) is 6.07 Å². The molecule has 0 heterocycles. The van der Waals surface area contributed by atoms with Gasteiger partial charge in [-0.3, -0.25) is 0 Å². The maximum Gasteiger partial charge on any atom is 0.126 e. The molecule has 0 aromatic heterocycles. The van der Waals surface area contributed by atoms with Crippen LogP contribution in [0.4, 0.5) is 4.39 Å². The largest absolute Gasteiger partial charge is 0.490 e. The lowest BCUT2D eigenvalue weighted by Crippen LogP contribution is -2.19. The molecule has 0 saturated heterocycles. The van der Waals surface area contributed by atoms with Crippen LogP contribution >= 0.6 is 0 Å². The van der Waals surface area contributed by atoms with Crippen molar-refractivity contribution < 1.29 is 9.13 Å². The van der Waals surface area contributed by atoms with Crippen molar-refractivity contribution in [1.82, 2.24) is 0 Å². The first-order valence-corrected chi connectivity index (χ1v) is 4.88. The monoisotopic (exact) mass is 197 g/mol. The number of ether oxygens (including phenoxy) is 1. The average molecular weight is 197 g/mol. The third-order valence-corrected chi connectivity index (χ3v) is 2.04. The second-order valence-electron chi connectivity index (χ2n) is 3.18. The van der Waals surface area contributed by atoms with Gasteiger partial charge in [0.2, 0.25) is 0 Å². The van der Waals surface area contributed by atoms with Crippen LogP contribution in [0.3, 0.4) is 0 Å². The molecule has 0 aliphatic heterocycles. The first-order chi connectivity index (χ1) is 6.76. The SMILES string of the molecule is CCC(CCN)Oc1cccc(F)c1. The molecule has 14 heavy (non-hydrogen) atoms. The third-order valence-electron chi connectivity index (χ3n) is 2.04. The van der Waals surface area contributed by atoms with E-state index in [2.05, 4.69) is 0 Å². The van der Waals surface area contributed by atoms with Crippen molar-refractivity contribution in [2.75, 3.05) is 6.54 Å². The number of nitrogens with two attached hydrogens (primary N) is 1. The molecular formula is C11H16FNO. The van der Waals surface area contributed by atoms with Gasteiger partial charge in [-0.2, -0.15) is 0 Å². The lowest BCUT2D eigenvalue weighted by Gasteiger charge is -2.16. The molecule has 0 bridgehead atoms. The zero-order valence-corrected chi connectivity index (χ0v) is 8.37. The van der Waals surface area contributed by atoms with Gasteiger partial charge in [0.15, 0.2) is 0 Å². The molecule has 0 amide bonds. The molecule has 0 aliphatic rings. The van der Waals surface area contributed by atoms with E-state index in [1.807, 2.05) is 6.92 Å². The standard InChI is InChI=1S/C11H16FNO/c1-2-10(6-7-13)14-11-5-3-4-9(12)8-11/h3-5,8,10H,2,6-7,13H2,1H3. The highest BCUT2D eigenvalue weighted by Gasteiger charge is 2.06. The van der Waals surface area contributed by atoms with Crippen LogP contribution in [-0.2, 0) is 0 Å². The second-order valence-corrected chi connectivity index (χ2v) is 3.18. The van der Waals surface area contributed by atoms with Crippen LogP contribution in [0.25, 0.3) is 0 Å². The number of hydrogen-bond acceptors (Lipinski definition) is 2. The molecule has 0 fully saturated rings. The highest BCUT2D eigenvalue weighted by Crippen LogP contribution is 2.15. The summed E-state index contributed by atoms with van der Waals surface area (Å²) in [6.45, 7) is 2.62. The second kappa shape index (κ2) is 5.60. The van der Waals surface area contributed by atoms with Gasteiger partial charge in [-0.25, -0.2) is 4.39 Å². The Morgan fingerprint density at radius 3 is 2.86 bits per heavy atom. The van der Waals surface area contributed by atoms with E-state index in [0.717, 1.165) is 12.8 Å². The number of benzene rings is 1. The van der Waals surface area contributed by atoms with E-state index in [0.29, 0.717) is 12.3 Å². The summed E-state index contributed by atoms with van der Waals surface area (Å²) in [7, 11) is 0. The van der Waals surface area contributed by atoms with Crippen molar-refractivity contribution in [3.05, 3.63) is 30.1 Å². The molecule has 1 aromatic carbocycles. The first kappa shape index (κ1) is 11.0. The average Bonchev–Trinajstić information content (AvgIpc) is 2.17. The maximum absolute atomic E-state index is 12.8. The normalized spacial score (nSPS) is 12.5. The Morgan fingerprint density at radius 1 is 1.50 bits per heavy atom. The van der Waals surface area contributed by atoms with Gasteiger partial charge in [0.1, 0.15) is 11.6 Å². The minimum Gasteiger partial charge on any atom is -0.490 e. The van der Waals surface area contributed by atoms with Gasteiger partial charge in [0.25, 0.3) is 0 Å². The number of halogens is 1. The summed E-state index contributed by atoms with van der Waals surface area (Å²) in [5.41, 5.74) is 5.43. The van der Waals surface area contributed by atoms with Gasteiger partial charge in [-0.05, 0) is 31.5 Å². The zero-order chi connectivity index (χ0) is 10.4. The summed E-state index contributed by atoms with van der Waals surface area (Å²) in [5.74, 6) is 0.301. The van der Waals surface area contributed by atoms with E-state index in [-0.39, 0.29) is 11.9 Å². The topological polar surface area (TPSA) is 35.2 Å². The summed E-state index contributed by atoms with van der Waals surface area (Å²) in [6, 6.07) is 6.18. The van der Waals surface area contributed by atoms with Crippen molar-refractivity contribution in [2.24, 2.45) is 5.73 Å². The van der Waals surface area contributed by atoms with Crippen LogP contribution < -0.4 is 10.5 Å². The lowest BCUT2D eigenvalue weighted by atomic mass is 10.2. The third kappa shape index (κ3) is 3.34. The van der Waals surface area contributed by atoms with E-state index >= 15 is 0 Å². The summed E-state index contributed by atoms with van der Waals surface area (Å²) in [6.07, 6.45) is 1.77. The summed E-state index contributed by atoms with van der Waals surface area (Å²) in [4.78, 5) is 0. The van der Waals surface area contributed by atoms with Gasteiger partial charge in [-0.1, -0.05) is 13.0 Å². The number of hydrogen-bond donors (Lipinski definition) is 1. The smallest absolute Gasteiger partial charge is 0.126 e. The van der Waals surface area contributed by atoms with E-state index in [1.54, 1.807) is 12.1 Å². The molecular weight excluding hydrogens is 181 g/mol. The van der Waals surface area contributed by atoms with Gasteiger partial charge >= 0.3 is 0 Å². The van der Waals surface area contributed by atoms with Crippen LogP contribution in [0, 0.1) is 5.82 Å². The molecule has 0 spiro atoms. The summed E-state index contributed by atoms with van der Waals surface area (Å²) in [5, 5.41) is 0. The Bertz CT molecular complexity index is 278. The van der Waals surface area contributed by atoms with Gasteiger partial charge in [0.05, 0.1) is 6.10 Å². The summed E-state index contributed by atoms with van der Waals surface area (Å²) < 4.78 is 18.4. The van der Waals surface area contributed by atoms with Gasteiger partial charge in [-0.15, -0.1) is 0 Å². The van der Waals surface area contributed by atoms with E-state index in [4.69, 9.17) is 10.5 Å². The Balaban J connectivity index is 2.57. The molecule has 0 saturated carbocycles. The fraction of sp³-hybridized carbons (Fsp3) is 0.455. The zero-order valence-electron chi connectivity index (χ0n) is 8.37. The fourth-order valence-corrected chi connectivity index (χ4v) is 1.27. The first-order valence-electron chi connectivity index (χ1n) is 4.88. The minimum absolute atomic E-state index is 0.0850. The molecule has 0 aliphatic carbocycles. The van der Waals surface area contributed by atoms with E-state index in [1.165, 1.54) is 12.1 Å². The predicted octanol–water partition coefficient (Wildman–Crippen LogP) is 2.33. The maximum atomic E-state index is 12.8. The Morgan fingerprint density at radius 2 is 2.29 bits per heavy atom. The van der Waals surface area contributed by atoms with Crippen LogP contribution in [0.2, 0.25) is 0 Å². The van der Waals surface area contributed by atoms with Crippen LogP contribution in [0.15, 0.2) is 24.3 Å². The van der Waals surface area contributed by atoms with Crippen LogP contribution in [0.5, 0.6) is 5.75 Å². The highest BCUT2D eigenvalue weighted by molar-refractivity contribution is 5.22. The quantitative estimate of drug-likeness (QED) is 0.786. The van der Waals surface area contributed by atoms with Crippen LogP contribution in [0.1, 0.15) is 19.8 Å². The van der Waals surface area contributed by atoms with Crippen molar-refractivity contribution >= 4 is 0 Å². The van der Waals surface area contributed by atoms with Crippen LogP contribution in [-0.4, -0.2) is 12.6 Å². The van der Waals surface area contributed by atoms with Crippen molar-refractivity contribution in [3.8, 4) is 5.75 Å². The van der Waals surface area contributed by atoms with E-state index in [9.17, 15) is 4.39 Å². The van der Waals surface area contributed by atoms with Crippen molar-refractivity contribution in [2.45, 2.75) is 25.9 Å². The Kier molecular flexibility index (Phi) is 4.40. The molecule has 0 radical (unpaired) electrons. The summed E-state index contributed by atoms with van der Waals surface area (Å²) >= 11 is 0. The molecule has 1 rings (SSSR count). The molecule has 1 atom stereocenters. The lowest BCUT2D eigenvalue weighted by molar-refractivity contribution is 0.189. The molecule has 2 nitrogen and oxygen atoms in total. The number of rotatable bonds is 5. The molecule has 1 unspecified atom stereocenters. The predicted molar refractivity (Wildman–Crippen MR) is 54.8 cm³/mol. The molecule has 1 aromatic rings. The fourth-order valence-electron chi connectivity index (χ4n) is 1.27. The van der Waals surface area contributed by atoms with Gasteiger partial charge < -0.3 is 10.5 Å². The molecule has 2 N–H and O–H groups in total. The molecule has 78 valence electrons. The van der Waals surface area contributed by atoms with Crippen molar-refractivity contribution in [1.29, 1.82) is 0 Å². The van der Waals surface area contributed by atoms with E-state index < -0.39 is 0 Å². The minimum atomic E-state index is -0.273. The molecule has 3 heteroatoms. The van der Waals surface area contributed by atoms with Crippen molar-refractivity contribution in [3.63, 3.8) is 0 Å². The Labute approximate surface area is 83.9 Å². The highest BCUT2D eigenvalue weighted by atomic mass is 19.1.